The third-order valence-electron chi connectivity index (χ3n) is 6.86. The molecule has 36 heavy (non-hydrogen) atoms. The Hall–Kier alpha value is -2.80. The van der Waals surface area contributed by atoms with Gasteiger partial charge in [0.15, 0.2) is 11.5 Å². The van der Waals surface area contributed by atoms with Gasteiger partial charge in [-0.05, 0) is 29.2 Å². The number of rotatable bonds is 7. The Morgan fingerprint density at radius 3 is 2.17 bits per heavy atom. The number of benzene rings is 3. The van der Waals surface area contributed by atoms with Crippen molar-refractivity contribution in [1.82, 2.24) is 4.90 Å². The van der Waals surface area contributed by atoms with Gasteiger partial charge in [0.2, 0.25) is 0 Å². The summed E-state index contributed by atoms with van der Waals surface area (Å²) in [6, 6.07) is 18.8. The zero-order chi connectivity index (χ0) is 23.5. The van der Waals surface area contributed by atoms with Gasteiger partial charge < -0.3 is 23.8 Å². The zero-order valence-electron chi connectivity index (χ0n) is 21.0. The quantitative estimate of drug-likeness (QED) is 0.401. The summed E-state index contributed by atoms with van der Waals surface area (Å²) >= 11 is 0. The van der Waals surface area contributed by atoms with Gasteiger partial charge >= 0.3 is 0 Å². The number of hydrogen-bond acceptors (Lipinski definition) is 6. The molecule has 0 aromatic heterocycles. The van der Waals surface area contributed by atoms with Crippen LogP contribution in [-0.4, -0.2) is 59.0 Å². The average molecular weight is 533 g/mol. The summed E-state index contributed by atoms with van der Waals surface area (Å²) in [5.41, 5.74) is 6.13. The Labute approximate surface area is 225 Å². The van der Waals surface area contributed by atoms with E-state index in [-0.39, 0.29) is 24.8 Å². The molecule has 2 aliphatic heterocycles. The minimum absolute atomic E-state index is 0. The molecule has 0 N–H and O–H groups in total. The van der Waals surface area contributed by atoms with Gasteiger partial charge in [-0.3, -0.25) is 4.90 Å². The zero-order valence-corrected chi connectivity index (χ0v) is 22.6. The Morgan fingerprint density at radius 2 is 1.50 bits per heavy atom. The summed E-state index contributed by atoms with van der Waals surface area (Å²) < 4.78 is 22.6. The van der Waals surface area contributed by atoms with Crippen molar-refractivity contribution in [2.45, 2.75) is 13.0 Å². The van der Waals surface area contributed by atoms with Crippen molar-refractivity contribution in [3.63, 3.8) is 0 Å². The first-order chi connectivity index (χ1) is 16.7. The number of nitrogens with zero attached hydrogens (tertiary/aromatic N) is 2. The summed E-state index contributed by atoms with van der Waals surface area (Å²) in [6.07, 6.45) is 0.969. The molecule has 0 amide bonds. The lowest BCUT2D eigenvalue weighted by molar-refractivity contribution is 0.260. The predicted molar refractivity (Wildman–Crippen MR) is 149 cm³/mol. The first-order valence-electron chi connectivity index (χ1n) is 11.8. The number of halogens is 2. The van der Waals surface area contributed by atoms with E-state index in [1.807, 2.05) is 12.1 Å². The maximum absolute atomic E-state index is 6.14. The Bertz CT molecular complexity index is 1140. The number of anilines is 1. The minimum atomic E-state index is 0. The fourth-order valence-electron chi connectivity index (χ4n) is 4.94. The van der Waals surface area contributed by atoms with Gasteiger partial charge in [-0.1, -0.05) is 30.3 Å². The highest BCUT2D eigenvalue weighted by Crippen LogP contribution is 2.45. The molecule has 6 nitrogen and oxygen atoms in total. The van der Waals surface area contributed by atoms with Crippen LogP contribution in [0.5, 0.6) is 23.0 Å². The molecule has 2 aliphatic rings. The van der Waals surface area contributed by atoms with Gasteiger partial charge in [-0.2, -0.15) is 0 Å². The molecule has 1 fully saturated rings. The van der Waals surface area contributed by atoms with Crippen molar-refractivity contribution in [2.24, 2.45) is 0 Å². The normalized spacial score (nSPS) is 14.4. The molecule has 0 atom stereocenters. The van der Waals surface area contributed by atoms with Crippen LogP contribution >= 0.6 is 24.8 Å². The topological polar surface area (TPSA) is 43.4 Å². The number of methoxy groups -OCH3 is 3. The van der Waals surface area contributed by atoms with Crippen LogP contribution in [0.15, 0.2) is 54.6 Å². The van der Waals surface area contributed by atoms with Gasteiger partial charge in [0.05, 0.1) is 21.3 Å². The van der Waals surface area contributed by atoms with E-state index in [2.05, 4.69) is 52.3 Å². The van der Waals surface area contributed by atoms with Gasteiger partial charge in [0.25, 0.3) is 0 Å². The van der Waals surface area contributed by atoms with Crippen LogP contribution in [0.4, 0.5) is 5.69 Å². The van der Waals surface area contributed by atoms with Crippen LogP contribution in [0.3, 0.4) is 0 Å². The van der Waals surface area contributed by atoms with E-state index in [1.54, 1.807) is 21.3 Å². The third kappa shape index (κ3) is 5.61. The van der Waals surface area contributed by atoms with Gasteiger partial charge in [0.1, 0.15) is 18.1 Å². The van der Waals surface area contributed by atoms with Crippen molar-refractivity contribution in [1.29, 1.82) is 0 Å². The van der Waals surface area contributed by atoms with E-state index in [0.29, 0.717) is 6.61 Å². The summed E-state index contributed by atoms with van der Waals surface area (Å²) in [4.78, 5) is 4.95. The first-order valence-corrected chi connectivity index (χ1v) is 11.8. The van der Waals surface area contributed by atoms with Crippen molar-refractivity contribution in [3.05, 3.63) is 65.7 Å². The molecule has 0 unspecified atom stereocenters. The largest absolute Gasteiger partial charge is 0.497 e. The van der Waals surface area contributed by atoms with E-state index < -0.39 is 0 Å². The van der Waals surface area contributed by atoms with Crippen molar-refractivity contribution >= 4 is 30.5 Å². The molecule has 5 rings (SSSR count). The smallest absolute Gasteiger partial charge is 0.169 e. The van der Waals surface area contributed by atoms with E-state index in [4.69, 9.17) is 18.9 Å². The first kappa shape index (κ1) is 27.8. The monoisotopic (exact) mass is 532 g/mol. The molecule has 8 heteroatoms. The maximum Gasteiger partial charge on any atom is 0.169 e. The van der Waals surface area contributed by atoms with Crippen LogP contribution in [0, 0.1) is 0 Å². The highest BCUT2D eigenvalue weighted by molar-refractivity contribution is 5.85. The van der Waals surface area contributed by atoms with Crippen LogP contribution in [-0.2, 0) is 13.0 Å². The number of fused-ring (bicyclic) bond motifs is 3. The van der Waals surface area contributed by atoms with Crippen molar-refractivity contribution in [2.75, 3.05) is 59.0 Å². The fourth-order valence-corrected chi connectivity index (χ4v) is 4.94. The van der Waals surface area contributed by atoms with Crippen molar-refractivity contribution in [3.8, 4) is 34.1 Å². The molecule has 0 radical (unpaired) electrons. The lowest BCUT2D eigenvalue weighted by atomic mass is 9.91. The van der Waals surface area contributed by atoms with Crippen LogP contribution in [0.2, 0.25) is 0 Å². The van der Waals surface area contributed by atoms with Gasteiger partial charge in [-0.25, -0.2) is 0 Å². The molecule has 0 aliphatic carbocycles. The number of piperazine rings is 1. The van der Waals surface area contributed by atoms with E-state index in [1.165, 1.54) is 22.3 Å². The van der Waals surface area contributed by atoms with Crippen LogP contribution in [0.25, 0.3) is 11.1 Å². The Morgan fingerprint density at radius 1 is 0.806 bits per heavy atom. The third-order valence-corrected chi connectivity index (χ3v) is 6.86. The molecular formula is C28H34Cl2N2O4. The van der Waals surface area contributed by atoms with Crippen LogP contribution < -0.4 is 23.8 Å². The summed E-state index contributed by atoms with van der Waals surface area (Å²) in [5.74, 6) is 3.32. The SMILES string of the molecule is COc1cc(OC)cc(N2CCN(CCc3ccc(OC)c4c3-c3ccccc3CO4)CC2)c1.Cl.Cl. The molecule has 2 heterocycles. The average Bonchev–Trinajstić information content (AvgIpc) is 2.91. The summed E-state index contributed by atoms with van der Waals surface area (Å²) in [6.45, 7) is 5.58. The molecule has 3 aromatic rings. The molecule has 0 bridgehead atoms. The van der Waals surface area contributed by atoms with Crippen LogP contribution in [0.1, 0.15) is 11.1 Å². The highest BCUT2D eigenvalue weighted by atomic mass is 35.5. The van der Waals surface area contributed by atoms with E-state index >= 15 is 0 Å². The summed E-state index contributed by atoms with van der Waals surface area (Å²) in [5, 5.41) is 0. The molecule has 194 valence electrons. The molecule has 0 saturated carbocycles. The molecule has 0 spiro atoms. The number of hydrogen-bond donors (Lipinski definition) is 0. The van der Waals surface area contributed by atoms with E-state index in [0.717, 1.165) is 67.8 Å². The Kier molecular flexibility index (Phi) is 9.60. The lowest BCUT2D eigenvalue weighted by Gasteiger charge is -2.36. The number of ether oxygens (including phenoxy) is 4. The standard InChI is InChI=1S/C28H32N2O4.2ClH/c1-31-23-16-22(17-24(18-23)32-2)30-14-12-29(13-15-30)11-10-20-8-9-26(33-3)28-27(20)25-7-5-4-6-21(25)19-34-28;;/h4-9,16-18H,10-15,19H2,1-3H3;2*1H. The lowest BCUT2D eigenvalue weighted by Crippen LogP contribution is -2.47. The van der Waals surface area contributed by atoms with Gasteiger partial charge in [-0.15, -0.1) is 24.8 Å². The molecular weight excluding hydrogens is 499 g/mol. The fraction of sp³-hybridized carbons (Fsp3) is 0.357. The predicted octanol–water partition coefficient (Wildman–Crippen LogP) is 5.48. The second kappa shape index (κ2) is 12.4. The maximum atomic E-state index is 6.14. The second-order valence-corrected chi connectivity index (χ2v) is 8.73. The van der Waals surface area contributed by atoms with E-state index in [9.17, 15) is 0 Å². The molecule has 1 saturated heterocycles. The minimum Gasteiger partial charge on any atom is -0.497 e. The second-order valence-electron chi connectivity index (χ2n) is 8.73. The Balaban J connectivity index is 0.00000180. The van der Waals surface area contributed by atoms with Crippen molar-refractivity contribution < 1.29 is 18.9 Å². The molecule has 3 aromatic carbocycles. The highest BCUT2D eigenvalue weighted by Gasteiger charge is 2.25. The van der Waals surface area contributed by atoms with Gasteiger partial charge in [0, 0.05) is 62.2 Å². The summed E-state index contributed by atoms with van der Waals surface area (Å²) in [7, 11) is 5.09.